The molecule has 0 aromatic heterocycles. The maximum Gasteiger partial charge on any atom is 0.325 e. The summed E-state index contributed by atoms with van der Waals surface area (Å²) in [5, 5.41) is 11.4. The highest BCUT2D eigenvalue weighted by atomic mass is 19.1. The van der Waals surface area contributed by atoms with Gasteiger partial charge in [-0.1, -0.05) is 26.0 Å². The lowest BCUT2D eigenvalue weighted by atomic mass is 10.0. The number of nitrogens with zero attached hydrogens (tertiary/aromatic N) is 1. The Kier molecular flexibility index (Phi) is 5.50. The number of rotatable bonds is 6. The summed E-state index contributed by atoms with van der Waals surface area (Å²) in [4.78, 5) is 37.2. The number of urea groups is 1. The number of benzene rings is 1. The first-order chi connectivity index (χ1) is 11.3. The summed E-state index contributed by atoms with van der Waals surface area (Å²) >= 11 is 0. The van der Waals surface area contributed by atoms with Crippen molar-refractivity contribution in [2.45, 2.75) is 38.8 Å². The van der Waals surface area contributed by atoms with Crippen molar-refractivity contribution in [3.63, 3.8) is 0 Å². The summed E-state index contributed by atoms with van der Waals surface area (Å²) in [6.45, 7) is 3.33. The van der Waals surface area contributed by atoms with Gasteiger partial charge in [0, 0.05) is 0 Å². The summed E-state index contributed by atoms with van der Waals surface area (Å²) in [7, 11) is 0. The number of amides is 4. The molecule has 8 heteroatoms. The lowest BCUT2D eigenvalue weighted by Gasteiger charge is -2.26. The van der Waals surface area contributed by atoms with Crippen molar-refractivity contribution in [1.82, 2.24) is 15.7 Å². The van der Waals surface area contributed by atoms with Crippen molar-refractivity contribution >= 4 is 17.8 Å². The van der Waals surface area contributed by atoms with Crippen molar-refractivity contribution in [3.8, 4) is 0 Å². The van der Waals surface area contributed by atoms with Crippen LogP contribution in [0.15, 0.2) is 24.3 Å². The standard InChI is InChI=1S/C16H20FN3O4/c1-9(2)13(14(21)19-24)20-15(22)12(18-16(20)23)7-6-10-4-3-5-11(17)8-10/h3-5,8-9,12-13,24H,6-7H2,1-2H3,(H,18,23)(H,19,21). The second kappa shape index (κ2) is 7.39. The van der Waals surface area contributed by atoms with Crippen LogP contribution in [0.25, 0.3) is 0 Å². The van der Waals surface area contributed by atoms with Gasteiger partial charge >= 0.3 is 6.03 Å². The van der Waals surface area contributed by atoms with E-state index in [2.05, 4.69) is 5.32 Å². The Morgan fingerprint density at radius 1 is 1.42 bits per heavy atom. The van der Waals surface area contributed by atoms with E-state index in [1.807, 2.05) is 0 Å². The van der Waals surface area contributed by atoms with Crippen molar-refractivity contribution in [3.05, 3.63) is 35.6 Å². The van der Waals surface area contributed by atoms with E-state index in [9.17, 15) is 18.8 Å². The van der Waals surface area contributed by atoms with E-state index in [4.69, 9.17) is 5.21 Å². The predicted molar refractivity (Wildman–Crippen MR) is 82.4 cm³/mol. The highest BCUT2D eigenvalue weighted by molar-refractivity contribution is 6.07. The zero-order valence-electron chi connectivity index (χ0n) is 13.5. The zero-order valence-corrected chi connectivity index (χ0v) is 13.5. The lowest BCUT2D eigenvalue weighted by Crippen LogP contribution is -2.52. The van der Waals surface area contributed by atoms with Gasteiger partial charge < -0.3 is 5.32 Å². The Labute approximate surface area is 138 Å². The number of hydroxylamine groups is 1. The Morgan fingerprint density at radius 2 is 2.12 bits per heavy atom. The Hall–Kier alpha value is -2.48. The van der Waals surface area contributed by atoms with Crippen LogP contribution in [0.2, 0.25) is 0 Å². The average Bonchev–Trinajstić information content (AvgIpc) is 2.80. The van der Waals surface area contributed by atoms with E-state index in [1.54, 1.807) is 26.0 Å². The van der Waals surface area contributed by atoms with Gasteiger partial charge in [0.1, 0.15) is 17.9 Å². The largest absolute Gasteiger partial charge is 0.326 e. The molecule has 24 heavy (non-hydrogen) atoms. The maximum atomic E-state index is 13.2. The second-order valence-corrected chi connectivity index (χ2v) is 6.04. The molecule has 3 N–H and O–H groups in total. The number of halogens is 1. The molecule has 1 aliphatic rings. The topological polar surface area (TPSA) is 98.7 Å². The first kappa shape index (κ1) is 17.9. The molecule has 7 nitrogen and oxygen atoms in total. The van der Waals surface area contributed by atoms with Crippen molar-refractivity contribution in [2.75, 3.05) is 0 Å². The van der Waals surface area contributed by atoms with E-state index < -0.39 is 29.9 Å². The molecule has 2 rings (SSSR count). The monoisotopic (exact) mass is 337 g/mol. The van der Waals surface area contributed by atoms with Gasteiger partial charge in [0.15, 0.2) is 0 Å². The fourth-order valence-corrected chi connectivity index (χ4v) is 2.80. The van der Waals surface area contributed by atoms with Gasteiger partial charge in [-0.25, -0.2) is 19.6 Å². The maximum absolute atomic E-state index is 13.2. The Bertz CT molecular complexity index is 650. The molecule has 0 aliphatic carbocycles. The van der Waals surface area contributed by atoms with Crippen LogP contribution in [0, 0.1) is 11.7 Å². The summed E-state index contributed by atoms with van der Waals surface area (Å²) in [5.41, 5.74) is 2.20. The molecule has 0 saturated carbocycles. The number of carbonyl (C=O) groups excluding carboxylic acids is 3. The zero-order chi connectivity index (χ0) is 17.9. The molecule has 1 fully saturated rings. The van der Waals surface area contributed by atoms with Crippen LogP contribution < -0.4 is 10.8 Å². The number of hydrogen-bond donors (Lipinski definition) is 3. The Morgan fingerprint density at radius 3 is 2.71 bits per heavy atom. The molecule has 130 valence electrons. The highest BCUT2D eigenvalue weighted by Gasteiger charge is 2.45. The molecule has 2 atom stereocenters. The molecular formula is C16H20FN3O4. The molecule has 0 spiro atoms. The molecule has 0 radical (unpaired) electrons. The van der Waals surface area contributed by atoms with E-state index in [-0.39, 0.29) is 18.2 Å². The minimum atomic E-state index is -1.10. The first-order valence-electron chi connectivity index (χ1n) is 7.67. The number of carbonyl (C=O) groups is 3. The molecule has 1 aromatic carbocycles. The van der Waals surface area contributed by atoms with Gasteiger partial charge in [0.2, 0.25) is 0 Å². The lowest BCUT2D eigenvalue weighted by molar-refractivity contribution is -0.142. The minimum absolute atomic E-state index is 0.288. The minimum Gasteiger partial charge on any atom is -0.326 e. The van der Waals surface area contributed by atoms with Crippen LogP contribution in [-0.4, -0.2) is 40.0 Å². The number of hydrogen-bond acceptors (Lipinski definition) is 4. The molecule has 2 unspecified atom stereocenters. The fourth-order valence-electron chi connectivity index (χ4n) is 2.80. The van der Waals surface area contributed by atoms with E-state index in [0.717, 1.165) is 4.90 Å². The SMILES string of the molecule is CC(C)C(C(=O)NO)N1C(=O)NC(CCc2cccc(F)c2)C1=O. The third-order valence-corrected chi connectivity index (χ3v) is 3.95. The molecule has 1 aromatic rings. The molecule has 1 saturated heterocycles. The van der Waals surface area contributed by atoms with Crippen LogP contribution in [0.4, 0.5) is 9.18 Å². The normalized spacial score (nSPS) is 18.7. The first-order valence-corrected chi connectivity index (χ1v) is 7.67. The van der Waals surface area contributed by atoms with Gasteiger partial charge in [-0.3, -0.25) is 14.8 Å². The van der Waals surface area contributed by atoms with Gasteiger partial charge in [-0.2, -0.15) is 0 Å². The number of imide groups is 1. The average molecular weight is 337 g/mol. The van der Waals surface area contributed by atoms with Crippen molar-refractivity contribution in [1.29, 1.82) is 0 Å². The van der Waals surface area contributed by atoms with Crippen LogP contribution in [0.3, 0.4) is 0 Å². The molecule has 4 amide bonds. The summed E-state index contributed by atoms with van der Waals surface area (Å²) in [6, 6.07) is 3.45. The quantitative estimate of drug-likeness (QED) is 0.413. The van der Waals surface area contributed by atoms with Gasteiger partial charge in [0.05, 0.1) is 0 Å². The van der Waals surface area contributed by atoms with Crippen LogP contribution >= 0.6 is 0 Å². The third-order valence-electron chi connectivity index (χ3n) is 3.95. The predicted octanol–water partition coefficient (Wildman–Crippen LogP) is 1.21. The summed E-state index contributed by atoms with van der Waals surface area (Å²) in [5.74, 6) is -2.08. The summed E-state index contributed by atoms with van der Waals surface area (Å²) in [6.07, 6.45) is 0.691. The van der Waals surface area contributed by atoms with Gasteiger partial charge in [-0.05, 0) is 36.5 Å². The molecular weight excluding hydrogens is 317 g/mol. The number of aryl methyl sites for hydroxylation is 1. The van der Waals surface area contributed by atoms with Gasteiger partial charge in [0.25, 0.3) is 11.8 Å². The van der Waals surface area contributed by atoms with E-state index in [0.29, 0.717) is 12.0 Å². The molecule has 1 aliphatic heterocycles. The number of nitrogens with one attached hydrogen (secondary N) is 2. The van der Waals surface area contributed by atoms with E-state index in [1.165, 1.54) is 17.6 Å². The van der Waals surface area contributed by atoms with Crippen LogP contribution in [0.1, 0.15) is 25.8 Å². The van der Waals surface area contributed by atoms with Crippen molar-refractivity contribution < 1.29 is 24.0 Å². The molecule has 1 heterocycles. The van der Waals surface area contributed by atoms with Crippen LogP contribution in [-0.2, 0) is 16.0 Å². The second-order valence-electron chi connectivity index (χ2n) is 6.04. The summed E-state index contributed by atoms with van der Waals surface area (Å²) < 4.78 is 13.2. The Balaban J connectivity index is 2.09. The van der Waals surface area contributed by atoms with Gasteiger partial charge in [-0.15, -0.1) is 0 Å². The van der Waals surface area contributed by atoms with E-state index >= 15 is 0 Å². The van der Waals surface area contributed by atoms with Crippen LogP contribution in [0.5, 0.6) is 0 Å². The smallest absolute Gasteiger partial charge is 0.325 e. The highest BCUT2D eigenvalue weighted by Crippen LogP contribution is 2.20. The molecule has 0 bridgehead atoms. The third kappa shape index (κ3) is 3.70. The van der Waals surface area contributed by atoms with Crippen molar-refractivity contribution in [2.24, 2.45) is 5.92 Å². The fraction of sp³-hybridized carbons (Fsp3) is 0.438.